The lowest BCUT2D eigenvalue weighted by molar-refractivity contribution is 0.254. The smallest absolute Gasteiger partial charge is 0.165 e. The lowest BCUT2D eigenvalue weighted by atomic mass is 11.5. The van der Waals surface area contributed by atoms with Gasteiger partial charge >= 0.3 is 0 Å². The van der Waals surface area contributed by atoms with Crippen molar-refractivity contribution in [2.24, 2.45) is 0 Å². The Morgan fingerprint density at radius 3 is 2.25 bits per heavy atom. The van der Waals surface area contributed by atoms with Crippen LogP contribution in [0.15, 0.2) is 0 Å². The van der Waals surface area contributed by atoms with Crippen LogP contribution in [-0.4, -0.2) is 28.9 Å². The summed E-state index contributed by atoms with van der Waals surface area (Å²) < 4.78 is 4.50. The maximum Gasteiger partial charge on any atom is 0.165 e. The molecule has 0 saturated carbocycles. The Morgan fingerprint density at radius 2 is 2.25 bits per heavy atom. The van der Waals surface area contributed by atoms with Crippen LogP contribution in [0.25, 0.3) is 0 Å². The van der Waals surface area contributed by atoms with E-state index in [2.05, 4.69) is 21.0 Å². The molecular weight excluding hydrogens is 67.0 g/mol. The van der Waals surface area contributed by atoms with Gasteiger partial charge in [-0.1, -0.05) is 0 Å². The molecule has 0 rings (SSSR count). The molecule has 0 saturated heterocycles. The molecule has 0 aliphatic rings. The summed E-state index contributed by atoms with van der Waals surface area (Å²) in [6, 6.07) is 0. The maximum atomic E-state index is 4.50. The van der Waals surface area contributed by atoms with Crippen molar-refractivity contribution >= 4 is 16.3 Å². The molecule has 1 nitrogen and oxygen atoms in total. The molecular formula is C2H5AlO. The predicted octanol–water partition coefficient (Wildman–Crippen LogP) is -0.241. The van der Waals surface area contributed by atoms with Crippen LogP contribution in [0.3, 0.4) is 0 Å². The van der Waals surface area contributed by atoms with E-state index >= 15 is 0 Å². The van der Waals surface area contributed by atoms with Crippen LogP contribution < -0.4 is 0 Å². The summed E-state index contributed by atoms with van der Waals surface area (Å²) in [6.45, 7) is 0. The number of hydrogen-bond donors (Lipinski definition) is 0. The number of ether oxygens (including phenoxy) is 1. The predicted molar refractivity (Wildman–Crippen MR) is 17.6 cm³/mol. The quantitative estimate of drug-likeness (QED) is 0.388. The van der Waals surface area contributed by atoms with Gasteiger partial charge in [-0.15, -0.1) is 0 Å². The first-order valence-corrected chi connectivity index (χ1v) is 1.92. The summed E-state index contributed by atoms with van der Waals surface area (Å²) in [4.78, 5) is 0. The van der Waals surface area contributed by atoms with Gasteiger partial charge in [0, 0.05) is 7.11 Å². The first-order valence-electron chi connectivity index (χ1n) is 1.11. The van der Waals surface area contributed by atoms with Gasteiger partial charge in [0.15, 0.2) is 16.3 Å². The third-order valence-corrected chi connectivity index (χ3v) is 0.500. The number of rotatable bonds is 1. The van der Waals surface area contributed by atoms with Crippen molar-refractivity contribution < 1.29 is 4.74 Å². The molecule has 0 N–H and O–H groups in total. The van der Waals surface area contributed by atoms with Crippen molar-refractivity contribution in [2.75, 3.05) is 12.6 Å². The highest BCUT2D eigenvalue weighted by Gasteiger charge is 1.52. The zero-order valence-electron chi connectivity index (χ0n) is 2.69. The Balaban J connectivity index is 1.97. The fourth-order valence-corrected chi connectivity index (χ4v) is 0. The van der Waals surface area contributed by atoms with E-state index < -0.39 is 0 Å². The van der Waals surface area contributed by atoms with Crippen LogP contribution in [-0.2, 0) is 4.74 Å². The van der Waals surface area contributed by atoms with Gasteiger partial charge in [-0.2, -0.15) is 0 Å². The summed E-state index contributed by atoms with van der Waals surface area (Å²) in [6.07, 6.45) is 0. The molecule has 0 aromatic carbocycles. The molecule has 4 heavy (non-hydrogen) atoms. The van der Waals surface area contributed by atoms with Gasteiger partial charge < -0.3 is 4.74 Å². The van der Waals surface area contributed by atoms with E-state index in [1.54, 1.807) is 7.11 Å². The Morgan fingerprint density at radius 1 is 2.00 bits per heavy atom. The van der Waals surface area contributed by atoms with Crippen molar-refractivity contribution in [1.29, 1.82) is 0 Å². The normalized spacial score (nSPS) is 7.25. The van der Waals surface area contributed by atoms with E-state index in [1.807, 2.05) is 0 Å². The SMILES string of the molecule is CO[CH2][Al]. The first kappa shape index (κ1) is 4.49. The van der Waals surface area contributed by atoms with Crippen LogP contribution in [0, 0.1) is 0 Å². The van der Waals surface area contributed by atoms with E-state index in [0.717, 1.165) is 5.47 Å². The van der Waals surface area contributed by atoms with E-state index in [1.165, 1.54) is 0 Å². The van der Waals surface area contributed by atoms with Crippen LogP contribution >= 0.6 is 0 Å². The van der Waals surface area contributed by atoms with Crippen LogP contribution in [0.4, 0.5) is 0 Å². The van der Waals surface area contributed by atoms with Crippen molar-refractivity contribution in [1.82, 2.24) is 0 Å². The van der Waals surface area contributed by atoms with E-state index in [0.29, 0.717) is 0 Å². The third kappa shape index (κ3) is 2.49. The molecule has 0 atom stereocenters. The molecule has 0 aromatic heterocycles. The number of methoxy groups -OCH3 is 1. The van der Waals surface area contributed by atoms with Crippen molar-refractivity contribution in [3.8, 4) is 0 Å². The molecule has 0 aromatic rings. The van der Waals surface area contributed by atoms with Gasteiger partial charge in [0.25, 0.3) is 0 Å². The van der Waals surface area contributed by atoms with Gasteiger partial charge in [-0.3, -0.25) is 0 Å². The van der Waals surface area contributed by atoms with Crippen molar-refractivity contribution in [3.05, 3.63) is 0 Å². The summed E-state index contributed by atoms with van der Waals surface area (Å²) in [7, 11) is 1.66. The Bertz CT molecular complexity index is 8.00. The minimum absolute atomic E-state index is 0.736. The van der Waals surface area contributed by atoms with Crippen LogP contribution in [0.5, 0.6) is 0 Å². The Kier molecular flexibility index (Phi) is 3.92. The minimum atomic E-state index is 0.736. The lowest BCUT2D eigenvalue weighted by Crippen LogP contribution is -1.80. The largest absolute Gasteiger partial charge is 0.402 e. The summed E-state index contributed by atoms with van der Waals surface area (Å²) in [5.74, 6) is 0. The molecule has 2 radical (unpaired) electrons. The zero-order chi connectivity index (χ0) is 3.41. The second kappa shape index (κ2) is 3.49. The average molecular weight is 72.0 g/mol. The zero-order valence-corrected chi connectivity index (χ0v) is 3.85. The van der Waals surface area contributed by atoms with Gasteiger partial charge in [0.05, 0.1) is 0 Å². The molecule has 0 aliphatic carbocycles. The molecule has 0 bridgehead atoms. The van der Waals surface area contributed by atoms with E-state index in [4.69, 9.17) is 0 Å². The molecule has 0 amide bonds. The Labute approximate surface area is 34.4 Å². The molecule has 0 spiro atoms. The van der Waals surface area contributed by atoms with Crippen LogP contribution in [0.1, 0.15) is 0 Å². The molecule has 22 valence electrons. The minimum Gasteiger partial charge on any atom is -0.402 e. The highest BCUT2D eigenvalue weighted by atomic mass is 27.0. The third-order valence-electron chi connectivity index (χ3n) is 0.167. The highest BCUT2D eigenvalue weighted by molar-refractivity contribution is 6.08. The molecule has 2 heteroatoms. The summed E-state index contributed by atoms with van der Waals surface area (Å²) in [5, 5.41) is 0. The molecule has 0 unspecified atom stereocenters. The van der Waals surface area contributed by atoms with E-state index in [9.17, 15) is 0 Å². The topological polar surface area (TPSA) is 9.23 Å². The fraction of sp³-hybridized carbons (Fsp3) is 1.00. The average Bonchev–Trinajstić information content (AvgIpc) is 1.37. The second-order valence-corrected chi connectivity index (χ2v) is 0.789. The molecule has 0 heterocycles. The Hall–Kier alpha value is 0.492. The van der Waals surface area contributed by atoms with Crippen LogP contribution in [0.2, 0.25) is 0 Å². The van der Waals surface area contributed by atoms with E-state index in [-0.39, 0.29) is 0 Å². The lowest BCUT2D eigenvalue weighted by Gasteiger charge is -1.77. The highest BCUT2D eigenvalue weighted by Crippen LogP contribution is 1.45. The maximum absolute atomic E-state index is 4.50. The van der Waals surface area contributed by atoms with Gasteiger partial charge in [0.2, 0.25) is 0 Å². The standard InChI is InChI=1S/C2H5O.Al/c1-3-2;/h1H2,2H3;. The van der Waals surface area contributed by atoms with Crippen molar-refractivity contribution in [2.45, 2.75) is 0 Å². The fourth-order valence-electron chi connectivity index (χ4n) is 0. The first-order chi connectivity index (χ1) is 1.91. The molecule has 0 aliphatic heterocycles. The summed E-state index contributed by atoms with van der Waals surface area (Å²) >= 11 is 2.43. The van der Waals surface area contributed by atoms with Gasteiger partial charge in [-0.05, 0) is 5.47 Å². The summed E-state index contributed by atoms with van der Waals surface area (Å²) in [5.41, 5.74) is 0.736. The van der Waals surface area contributed by atoms with Gasteiger partial charge in [0.1, 0.15) is 0 Å². The molecule has 0 fully saturated rings. The second-order valence-electron chi connectivity index (χ2n) is 0.455. The monoisotopic (exact) mass is 72.0 g/mol. The van der Waals surface area contributed by atoms with Crippen molar-refractivity contribution in [3.63, 3.8) is 0 Å². The van der Waals surface area contributed by atoms with Gasteiger partial charge in [-0.25, -0.2) is 0 Å². The number of hydrogen-bond acceptors (Lipinski definition) is 1.